The maximum Gasteiger partial charge on any atom is 0.0645 e. The summed E-state index contributed by atoms with van der Waals surface area (Å²) in [5, 5.41) is 0. The second-order valence-electron chi connectivity index (χ2n) is 3.63. The van der Waals surface area contributed by atoms with E-state index in [2.05, 4.69) is 22.4 Å². The molecule has 0 radical (unpaired) electrons. The Morgan fingerprint density at radius 2 is 1.92 bits per heavy atom. The topological polar surface area (TPSA) is 24.5 Å². The van der Waals surface area contributed by atoms with Crippen LogP contribution in [-0.4, -0.2) is 43.3 Å². The van der Waals surface area contributed by atoms with Crippen molar-refractivity contribution in [3.05, 3.63) is 0 Å². The first-order valence-corrected chi connectivity index (χ1v) is 5.06. The zero-order valence-corrected chi connectivity index (χ0v) is 8.09. The van der Waals surface area contributed by atoms with Crippen molar-refractivity contribution in [2.24, 2.45) is 0 Å². The number of likely N-dealkylation sites (tertiary alicyclic amines) is 1. The van der Waals surface area contributed by atoms with Crippen molar-refractivity contribution in [1.29, 1.82) is 0 Å². The number of nitrogens with one attached hydrogen (secondary N) is 1. The van der Waals surface area contributed by atoms with E-state index in [-0.39, 0.29) is 0 Å². The molecule has 2 heterocycles. The Balaban J connectivity index is 1.74. The van der Waals surface area contributed by atoms with Crippen LogP contribution in [0.25, 0.3) is 0 Å². The zero-order valence-electron chi connectivity index (χ0n) is 7.20. The lowest BCUT2D eigenvalue weighted by Gasteiger charge is -2.41. The van der Waals surface area contributed by atoms with Gasteiger partial charge in [-0.3, -0.25) is 9.62 Å². The molecule has 2 fully saturated rings. The van der Waals surface area contributed by atoms with Gasteiger partial charge in [-0.2, -0.15) is 0 Å². The van der Waals surface area contributed by atoms with Crippen LogP contribution in [0.15, 0.2) is 0 Å². The third-order valence-electron chi connectivity index (χ3n) is 2.85. The lowest BCUT2D eigenvalue weighted by Crippen LogP contribution is -2.53. The molecule has 0 amide bonds. The molecular weight excluding hydrogens is 172 g/mol. The van der Waals surface area contributed by atoms with E-state index >= 15 is 0 Å². The van der Waals surface area contributed by atoms with E-state index in [0.29, 0.717) is 12.1 Å². The molecule has 3 nitrogen and oxygen atoms in total. The maximum atomic E-state index is 5.17. The fraction of sp³-hybridized carbons (Fsp3) is 1.00. The average molecular weight is 188 g/mol. The van der Waals surface area contributed by atoms with E-state index in [0.717, 1.165) is 13.2 Å². The third kappa shape index (κ3) is 1.76. The van der Waals surface area contributed by atoms with Gasteiger partial charge in [0.2, 0.25) is 0 Å². The molecule has 70 valence electrons. The van der Waals surface area contributed by atoms with Crippen LogP contribution in [0.5, 0.6) is 0 Å². The molecule has 0 spiro atoms. The highest BCUT2D eigenvalue weighted by Crippen LogP contribution is 2.17. The minimum Gasteiger partial charge on any atom is -0.378 e. The summed E-state index contributed by atoms with van der Waals surface area (Å²) in [6.07, 6.45) is 2.44. The molecule has 2 saturated heterocycles. The quantitative estimate of drug-likeness (QED) is 0.609. The van der Waals surface area contributed by atoms with Crippen molar-refractivity contribution in [2.75, 3.05) is 26.3 Å². The van der Waals surface area contributed by atoms with Crippen LogP contribution < -0.4 is 4.72 Å². The molecule has 0 bridgehead atoms. The molecular formula is C8H16N2OS. The molecule has 2 aliphatic heterocycles. The van der Waals surface area contributed by atoms with E-state index in [1.54, 1.807) is 0 Å². The molecule has 12 heavy (non-hydrogen) atoms. The molecule has 0 aromatic rings. The van der Waals surface area contributed by atoms with Crippen molar-refractivity contribution in [3.63, 3.8) is 0 Å². The first kappa shape index (κ1) is 8.81. The van der Waals surface area contributed by atoms with Crippen LogP contribution in [0.4, 0.5) is 0 Å². The second-order valence-corrected chi connectivity index (χ2v) is 3.89. The second kappa shape index (κ2) is 3.96. The minimum atomic E-state index is 0.616. The normalized spacial score (nSPS) is 28.8. The molecule has 2 rings (SSSR count). The predicted octanol–water partition coefficient (Wildman–Crippen LogP) is 0.284. The van der Waals surface area contributed by atoms with Crippen LogP contribution in [0.1, 0.15) is 12.8 Å². The standard InChI is InChI=1S/C8H16N2OS/c12-9-7-1-3-10(4-2-7)8-5-11-6-8/h7-9,12H,1-6H2. The molecule has 2 aliphatic rings. The van der Waals surface area contributed by atoms with E-state index in [1.165, 1.54) is 25.9 Å². The van der Waals surface area contributed by atoms with Crippen molar-refractivity contribution in [1.82, 2.24) is 9.62 Å². The maximum absolute atomic E-state index is 5.17. The summed E-state index contributed by atoms with van der Waals surface area (Å²) in [4.78, 5) is 2.53. The van der Waals surface area contributed by atoms with Gasteiger partial charge in [0.05, 0.1) is 19.3 Å². The Kier molecular flexibility index (Phi) is 2.91. The Bertz CT molecular complexity index is 144. The molecule has 0 aromatic carbocycles. The zero-order chi connectivity index (χ0) is 8.39. The Morgan fingerprint density at radius 1 is 1.25 bits per heavy atom. The van der Waals surface area contributed by atoms with Crippen molar-refractivity contribution < 1.29 is 4.74 Å². The molecule has 0 atom stereocenters. The number of hydrogen-bond acceptors (Lipinski definition) is 4. The lowest BCUT2D eigenvalue weighted by atomic mass is 10.0. The summed E-state index contributed by atoms with van der Waals surface area (Å²) in [5.74, 6) is 0. The van der Waals surface area contributed by atoms with Crippen LogP contribution in [-0.2, 0) is 4.74 Å². The number of nitrogens with zero attached hydrogens (tertiary/aromatic N) is 1. The molecule has 4 heteroatoms. The average Bonchev–Trinajstić information content (AvgIpc) is 2.03. The molecule has 0 unspecified atom stereocenters. The highest BCUT2D eigenvalue weighted by molar-refractivity contribution is 7.78. The number of ether oxygens (including phenoxy) is 1. The molecule has 1 N–H and O–H groups in total. The summed E-state index contributed by atoms with van der Waals surface area (Å²) in [7, 11) is 0. The van der Waals surface area contributed by atoms with Gasteiger partial charge in [0.15, 0.2) is 0 Å². The van der Waals surface area contributed by atoms with Gasteiger partial charge >= 0.3 is 0 Å². The van der Waals surface area contributed by atoms with Crippen LogP contribution in [0, 0.1) is 0 Å². The molecule has 0 aromatic heterocycles. The van der Waals surface area contributed by atoms with E-state index in [1.807, 2.05) is 0 Å². The van der Waals surface area contributed by atoms with Crippen molar-refractivity contribution in [3.8, 4) is 0 Å². The monoisotopic (exact) mass is 188 g/mol. The van der Waals surface area contributed by atoms with Gasteiger partial charge in [-0.25, -0.2) is 0 Å². The fourth-order valence-electron chi connectivity index (χ4n) is 1.83. The highest BCUT2D eigenvalue weighted by Gasteiger charge is 2.28. The highest BCUT2D eigenvalue weighted by atomic mass is 32.1. The Hall–Kier alpha value is 0.230. The number of piperidine rings is 1. The molecule has 0 saturated carbocycles. The third-order valence-corrected chi connectivity index (χ3v) is 3.21. The van der Waals surface area contributed by atoms with Crippen LogP contribution in [0.3, 0.4) is 0 Å². The largest absolute Gasteiger partial charge is 0.378 e. The fourth-order valence-corrected chi connectivity index (χ4v) is 2.09. The summed E-state index contributed by atoms with van der Waals surface area (Å²) >= 11 is 4.09. The summed E-state index contributed by atoms with van der Waals surface area (Å²) < 4.78 is 8.20. The Labute approximate surface area is 79.0 Å². The van der Waals surface area contributed by atoms with Crippen LogP contribution in [0.2, 0.25) is 0 Å². The number of rotatable bonds is 2. The van der Waals surface area contributed by atoms with Gasteiger partial charge in [0, 0.05) is 19.1 Å². The van der Waals surface area contributed by atoms with Gasteiger partial charge in [0.25, 0.3) is 0 Å². The Morgan fingerprint density at radius 3 is 2.33 bits per heavy atom. The van der Waals surface area contributed by atoms with Gasteiger partial charge in [-0.15, -0.1) is 0 Å². The van der Waals surface area contributed by atoms with Crippen molar-refractivity contribution >= 4 is 12.8 Å². The molecule has 0 aliphatic carbocycles. The minimum absolute atomic E-state index is 0.616. The smallest absolute Gasteiger partial charge is 0.0645 e. The predicted molar refractivity (Wildman–Crippen MR) is 51.3 cm³/mol. The number of thiol groups is 1. The van der Waals surface area contributed by atoms with E-state index in [4.69, 9.17) is 4.74 Å². The van der Waals surface area contributed by atoms with Gasteiger partial charge in [-0.05, 0) is 12.8 Å². The summed E-state index contributed by atoms with van der Waals surface area (Å²) in [6.45, 7) is 4.29. The summed E-state index contributed by atoms with van der Waals surface area (Å²) in [6, 6.07) is 1.33. The van der Waals surface area contributed by atoms with Crippen molar-refractivity contribution in [2.45, 2.75) is 24.9 Å². The van der Waals surface area contributed by atoms with Gasteiger partial charge in [-0.1, -0.05) is 12.8 Å². The van der Waals surface area contributed by atoms with E-state index in [9.17, 15) is 0 Å². The van der Waals surface area contributed by atoms with Gasteiger partial charge in [0.1, 0.15) is 0 Å². The van der Waals surface area contributed by atoms with Crippen LogP contribution >= 0.6 is 12.8 Å². The summed E-state index contributed by atoms with van der Waals surface area (Å²) in [5.41, 5.74) is 0. The van der Waals surface area contributed by atoms with Gasteiger partial charge < -0.3 is 4.74 Å². The SMILES string of the molecule is SNC1CCN(C2COC2)CC1. The van der Waals surface area contributed by atoms with E-state index < -0.39 is 0 Å². The lowest BCUT2D eigenvalue weighted by molar-refractivity contribution is -0.0713. The number of hydrogen-bond donors (Lipinski definition) is 2. The first-order chi connectivity index (χ1) is 5.90. The first-order valence-electron chi connectivity index (χ1n) is 4.61.